The second-order valence-electron chi connectivity index (χ2n) is 2.79. The zero-order valence-electron chi connectivity index (χ0n) is 6.01. The van der Waals surface area contributed by atoms with Gasteiger partial charge in [-0.1, -0.05) is 22.9 Å². The van der Waals surface area contributed by atoms with Crippen LogP contribution in [0.5, 0.6) is 0 Å². The topological polar surface area (TPSA) is 24.9 Å². The Hall–Kier alpha value is -0.280. The summed E-state index contributed by atoms with van der Waals surface area (Å²) in [6.45, 7) is 1.06. The van der Waals surface area contributed by atoms with Gasteiger partial charge in [-0.15, -0.1) is 0 Å². The first-order valence-electron chi connectivity index (χ1n) is 3.70. The minimum atomic E-state index is 0.753. The lowest BCUT2D eigenvalue weighted by Gasteiger charge is -1.97. The van der Waals surface area contributed by atoms with Crippen LogP contribution in [0.2, 0.25) is 4.34 Å². The molecule has 4 heteroatoms. The smallest absolute Gasteiger partial charge is 0.184 e. The van der Waals surface area contributed by atoms with E-state index in [4.69, 9.17) is 11.6 Å². The molecule has 0 saturated heterocycles. The molecule has 0 radical (unpaired) electrons. The highest BCUT2D eigenvalue weighted by molar-refractivity contribution is 7.19. The Morgan fingerprint density at radius 2 is 2.55 bits per heavy atom. The number of halogens is 1. The van der Waals surface area contributed by atoms with E-state index in [1.54, 1.807) is 6.20 Å². The van der Waals surface area contributed by atoms with Gasteiger partial charge in [-0.25, -0.2) is 4.98 Å². The Kier molecular flexibility index (Phi) is 2.00. The number of thiazole rings is 1. The van der Waals surface area contributed by atoms with Crippen molar-refractivity contribution in [2.24, 2.45) is 5.92 Å². The highest BCUT2D eigenvalue weighted by atomic mass is 35.5. The normalized spacial score (nSPS) is 16.8. The molecule has 2 rings (SSSR count). The summed E-state index contributed by atoms with van der Waals surface area (Å²) in [6, 6.07) is 0. The first-order chi connectivity index (χ1) is 5.34. The van der Waals surface area contributed by atoms with Crippen LogP contribution in [0.15, 0.2) is 6.20 Å². The van der Waals surface area contributed by atoms with Gasteiger partial charge in [0.05, 0.1) is 6.20 Å². The van der Waals surface area contributed by atoms with Crippen molar-refractivity contribution in [3.63, 3.8) is 0 Å². The third-order valence-electron chi connectivity index (χ3n) is 1.72. The first kappa shape index (κ1) is 7.37. The maximum atomic E-state index is 5.71. The highest BCUT2D eigenvalue weighted by Gasteiger charge is 2.20. The molecule has 0 spiro atoms. The summed E-state index contributed by atoms with van der Waals surface area (Å²) in [5.41, 5.74) is 0. The Bertz CT molecular complexity index is 244. The zero-order valence-corrected chi connectivity index (χ0v) is 7.58. The summed E-state index contributed by atoms with van der Waals surface area (Å²) in [4.78, 5) is 4.09. The van der Waals surface area contributed by atoms with Crippen molar-refractivity contribution in [2.45, 2.75) is 12.8 Å². The van der Waals surface area contributed by atoms with E-state index >= 15 is 0 Å². The van der Waals surface area contributed by atoms with Crippen LogP contribution in [0.1, 0.15) is 12.8 Å². The lowest BCUT2D eigenvalue weighted by atomic mass is 10.4. The monoisotopic (exact) mass is 188 g/mol. The number of hydrogen-bond donors (Lipinski definition) is 1. The number of rotatable bonds is 3. The van der Waals surface area contributed by atoms with Gasteiger partial charge in [0.15, 0.2) is 5.13 Å². The summed E-state index contributed by atoms with van der Waals surface area (Å²) in [5.74, 6) is 0.887. The fourth-order valence-electron chi connectivity index (χ4n) is 0.890. The van der Waals surface area contributed by atoms with Crippen LogP contribution in [-0.4, -0.2) is 11.5 Å². The average Bonchev–Trinajstić information content (AvgIpc) is 2.72. The summed E-state index contributed by atoms with van der Waals surface area (Å²) in [7, 11) is 0. The van der Waals surface area contributed by atoms with Gasteiger partial charge in [0.2, 0.25) is 0 Å². The lowest BCUT2D eigenvalue weighted by molar-refractivity contribution is 0.887. The minimum absolute atomic E-state index is 0.753. The number of nitrogens with one attached hydrogen (secondary N) is 1. The van der Waals surface area contributed by atoms with Crippen molar-refractivity contribution in [2.75, 3.05) is 11.9 Å². The molecule has 2 nitrogen and oxygen atoms in total. The van der Waals surface area contributed by atoms with Crippen molar-refractivity contribution in [1.29, 1.82) is 0 Å². The third-order valence-corrected chi connectivity index (χ3v) is 2.79. The Balaban J connectivity index is 1.85. The molecule has 1 fully saturated rings. The maximum absolute atomic E-state index is 5.71. The highest BCUT2D eigenvalue weighted by Crippen LogP contribution is 2.30. The van der Waals surface area contributed by atoms with E-state index in [9.17, 15) is 0 Å². The number of hydrogen-bond acceptors (Lipinski definition) is 3. The molecular weight excluding hydrogens is 180 g/mol. The molecular formula is C7H9ClN2S. The van der Waals surface area contributed by atoms with E-state index in [2.05, 4.69) is 10.3 Å². The van der Waals surface area contributed by atoms with E-state index in [1.807, 2.05) is 0 Å². The fraction of sp³-hybridized carbons (Fsp3) is 0.571. The molecule has 1 heterocycles. The molecule has 0 bridgehead atoms. The van der Waals surface area contributed by atoms with Crippen LogP contribution >= 0.6 is 22.9 Å². The first-order valence-corrected chi connectivity index (χ1v) is 4.89. The predicted octanol–water partition coefficient (Wildman–Crippen LogP) is 2.62. The van der Waals surface area contributed by atoms with Gasteiger partial charge < -0.3 is 5.32 Å². The molecule has 11 heavy (non-hydrogen) atoms. The van der Waals surface area contributed by atoms with Crippen molar-refractivity contribution in [1.82, 2.24) is 4.98 Å². The largest absolute Gasteiger partial charge is 0.361 e. The quantitative estimate of drug-likeness (QED) is 0.789. The van der Waals surface area contributed by atoms with Crippen molar-refractivity contribution in [3.8, 4) is 0 Å². The van der Waals surface area contributed by atoms with Crippen LogP contribution in [0.4, 0.5) is 5.13 Å². The van der Waals surface area contributed by atoms with E-state index in [-0.39, 0.29) is 0 Å². The molecule has 0 aromatic carbocycles. The summed E-state index contributed by atoms with van der Waals surface area (Å²) in [6.07, 6.45) is 4.42. The van der Waals surface area contributed by atoms with Gasteiger partial charge >= 0.3 is 0 Å². The summed E-state index contributed by atoms with van der Waals surface area (Å²) < 4.78 is 0.753. The van der Waals surface area contributed by atoms with E-state index in [0.29, 0.717) is 0 Å². The summed E-state index contributed by atoms with van der Waals surface area (Å²) >= 11 is 7.21. The minimum Gasteiger partial charge on any atom is -0.361 e. The van der Waals surface area contributed by atoms with Crippen molar-refractivity contribution in [3.05, 3.63) is 10.5 Å². The van der Waals surface area contributed by atoms with Crippen molar-refractivity contribution >= 4 is 28.1 Å². The molecule has 1 aliphatic carbocycles. The Morgan fingerprint density at radius 3 is 3.09 bits per heavy atom. The number of anilines is 1. The molecule has 0 atom stereocenters. The van der Waals surface area contributed by atoms with Crippen molar-refractivity contribution < 1.29 is 0 Å². The fourth-order valence-corrected chi connectivity index (χ4v) is 1.71. The van der Waals surface area contributed by atoms with Crippen LogP contribution in [-0.2, 0) is 0 Å². The van der Waals surface area contributed by atoms with Gasteiger partial charge in [-0.3, -0.25) is 0 Å². The molecule has 0 unspecified atom stereocenters. The van der Waals surface area contributed by atoms with Crippen LogP contribution in [0.25, 0.3) is 0 Å². The molecule has 1 aromatic rings. The second-order valence-corrected chi connectivity index (χ2v) is 4.46. The van der Waals surface area contributed by atoms with Crippen LogP contribution in [0, 0.1) is 5.92 Å². The lowest BCUT2D eigenvalue weighted by Crippen LogP contribution is -2.01. The zero-order chi connectivity index (χ0) is 7.68. The van der Waals surface area contributed by atoms with Gasteiger partial charge in [0, 0.05) is 6.54 Å². The molecule has 1 aromatic heterocycles. The molecule has 0 aliphatic heterocycles. The van der Waals surface area contributed by atoms with Gasteiger partial charge in [0.1, 0.15) is 4.34 Å². The molecule has 0 amide bonds. The third kappa shape index (κ3) is 2.07. The van der Waals surface area contributed by atoms with Gasteiger partial charge in [-0.2, -0.15) is 0 Å². The average molecular weight is 189 g/mol. The van der Waals surface area contributed by atoms with Crippen LogP contribution in [0.3, 0.4) is 0 Å². The molecule has 1 aliphatic rings. The Morgan fingerprint density at radius 1 is 1.73 bits per heavy atom. The van der Waals surface area contributed by atoms with Gasteiger partial charge in [-0.05, 0) is 18.8 Å². The number of nitrogens with zero attached hydrogens (tertiary/aromatic N) is 1. The molecule has 60 valence electrons. The molecule has 1 saturated carbocycles. The Labute approximate surface area is 74.6 Å². The van der Waals surface area contributed by atoms with Gasteiger partial charge in [0.25, 0.3) is 0 Å². The van der Waals surface area contributed by atoms with E-state index in [1.165, 1.54) is 24.2 Å². The van der Waals surface area contributed by atoms with Crippen LogP contribution < -0.4 is 5.32 Å². The van der Waals surface area contributed by atoms with E-state index < -0.39 is 0 Å². The SMILES string of the molecule is Clc1cnc(NCC2CC2)s1. The molecule has 1 N–H and O–H groups in total. The predicted molar refractivity (Wildman–Crippen MR) is 48.3 cm³/mol. The summed E-state index contributed by atoms with van der Waals surface area (Å²) in [5, 5.41) is 4.20. The number of aromatic nitrogens is 1. The second kappa shape index (κ2) is 2.99. The standard InChI is InChI=1S/C7H9ClN2S/c8-6-4-10-7(11-6)9-3-5-1-2-5/h4-5H,1-3H2,(H,9,10). The van der Waals surface area contributed by atoms with E-state index in [0.717, 1.165) is 21.9 Å². The maximum Gasteiger partial charge on any atom is 0.184 e.